The fourth-order valence-electron chi connectivity index (χ4n) is 4.58. The van der Waals surface area contributed by atoms with E-state index < -0.39 is 0 Å². The number of hydrogen-bond donors (Lipinski definition) is 2. The van der Waals surface area contributed by atoms with Crippen molar-refractivity contribution in [2.45, 2.75) is 25.8 Å². The molecule has 0 radical (unpaired) electrons. The van der Waals surface area contributed by atoms with Gasteiger partial charge < -0.3 is 15.2 Å². The zero-order chi connectivity index (χ0) is 20.5. The van der Waals surface area contributed by atoms with Gasteiger partial charge in [-0.25, -0.2) is 4.79 Å². The van der Waals surface area contributed by atoms with Crippen LogP contribution in [0.1, 0.15) is 30.1 Å². The van der Waals surface area contributed by atoms with E-state index in [1.807, 2.05) is 50.1 Å². The summed E-state index contributed by atoms with van der Waals surface area (Å²) in [6, 6.07) is 8.26. The van der Waals surface area contributed by atoms with Crippen molar-refractivity contribution in [3.05, 3.63) is 47.9 Å². The maximum absolute atomic E-state index is 12.8. The molecular formula is C22H30N6O. The van der Waals surface area contributed by atoms with Crippen molar-refractivity contribution in [1.82, 2.24) is 24.6 Å². The molecule has 2 N–H and O–H groups in total. The van der Waals surface area contributed by atoms with E-state index in [0.29, 0.717) is 12.5 Å². The van der Waals surface area contributed by atoms with Crippen LogP contribution in [0.2, 0.25) is 0 Å². The van der Waals surface area contributed by atoms with Crippen LogP contribution in [0, 0.1) is 12.8 Å². The summed E-state index contributed by atoms with van der Waals surface area (Å²) in [5, 5.41) is 8.50. The van der Waals surface area contributed by atoms with Crippen LogP contribution in [0.25, 0.3) is 10.9 Å². The third-order valence-electron chi connectivity index (χ3n) is 5.94. The molecule has 7 nitrogen and oxygen atoms in total. The van der Waals surface area contributed by atoms with Gasteiger partial charge in [-0.15, -0.1) is 0 Å². The number of carbonyl (C=O) groups excluding carboxylic acids is 1. The van der Waals surface area contributed by atoms with Gasteiger partial charge in [0.1, 0.15) is 0 Å². The van der Waals surface area contributed by atoms with Gasteiger partial charge in [0, 0.05) is 60.7 Å². The van der Waals surface area contributed by atoms with E-state index in [-0.39, 0.29) is 12.1 Å². The standard InChI is InChI=1S/C22H30N6O/c1-15-10-17-11-19(7-8-20(17)24-15)25-22(29)27(3)13-16-6-5-9-26(2)21(16)18-12-23-28(4)14-18/h7-8,10-12,14,16,21,24H,5-6,9,13H2,1-4H3,(H,25,29)/t16-,21+/m0/s1. The Morgan fingerprint density at radius 3 is 2.93 bits per heavy atom. The van der Waals surface area contributed by atoms with Gasteiger partial charge in [0.2, 0.25) is 0 Å². The number of benzene rings is 1. The maximum Gasteiger partial charge on any atom is 0.321 e. The van der Waals surface area contributed by atoms with Crippen LogP contribution in [-0.2, 0) is 7.05 Å². The van der Waals surface area contributed by atoms with Crippen molar-refractivity contribution in [1.29, 1.82) is 0 Å². The van der Waals surface area contributed by atoms with E-state index in [1.54, 1.807) is 4.90 Å². The van der Waals surface area contributed by atoms with E-state index >= 15 is 0 Å². The van der Waals surface area contributed by atoms with Crippen LogP contribution in [0.3, 0.4) is 0 Å². The maximum atomic E-state index is 12.8. The summed E-state index contributed by atoms with van der Waals surface area (Å²) in [5.74, 6) is 0.378. The average molecular weight is 395 g/mol. The topological polar surface area (TPSA) is 69.2 Å². The summed E-state index contributed by atoms with van der Waals surface area (Å²) in [4.78, 5) is 20.3. The van der Waals surface area contributed by atoms with Gasteiger partial charge in [-0.2, -0.15) is 5.10 Å². The predicted molar refractivity (Wildman–Crippen MR) is 116 cm³/mol. The van der Waals surface area contributed by atoms with Crippen molar-refractivity contribution in [2.75, 3.05) is 32.5 Å². The van der Waals surface area contributed by atoms with Crippen LogP contribution in [0.5, 0.6) is 0 Å². The molecule has 1 fully saturated rings. The zero-order valence-corrected chi connectivity index (χ0v) is 17.6. The molecule has 29 heavy (non-hydrogen) atoms. The summed E-state index contributed by atoms with van der Waals surface area (Å²) >= 11 is 0. The Bertz CT molecular complexity index is 1010. The van der Waals surface area contributed by atoms with Gasteiger partial charge in [-0.1, -0.05) is 0 Å². The highest BCUT2D eigenvalue weighted by Crippen LogP contribution is 2.35. The molecule has 0 saturated carbocycles. The molecule has 2 aromatic heterocycles. The number of aryl methyl sites for hydroxylation is 2. The number of aromatic amines is 1. The average Bonchev–Trinajstić information content (AvgIpc) is 3.25. The van der Waals surface area contributed by atoms with E-state index in [4.69, 9.17) is 0 Å². The SMILES string of the molecule is Cc1cc2cc(NC(=O)N(C)C[C@@H]3CCCN(C)[C@H]3c3cnn(C)c3)ccc2[nH]1. The molecule has 0 spiro atoms. The van der Waals surface area contributed by atoms with E-state index in [9.17, 15) is 4.79 Å². The fourth-order valence-corrected chi connectivity index (χ4v) is 4.58. The van der Waals surface area contributed by atoms with Crippen molar-refractivity contribution < 1.29 is 4.79 Å². The number of amides is 2. The molecule has 0 bridgehead atoms. The highest BCUT2D eigenvalue weighted by Gasteiger charge is 2.32. The first kappa shape index (κ1) is 19.5. The molecule has 2 atom stereocenters. The van der Waals surface area contributed by atoms with Crippen LogP contribution in [0.15, 0.2) is 36.7 Å². The predicted octanol–water partition coefficient (Wildman–Crippen LogP) is 3.76. The van der Waals surface area contributed by atoms with Crippen LogP contribution in [-0.4, -0.2) is 57.8 Å². The summed E-state index contributed by atoms with van der Waals surface area (Å²) in [5.41, 5.74) is 4.24. The number of anilines is 1. The number of carbonyl (C=O) groups is 1. The normalized spacial score (nSPS) is 20.1. The van der Waals surface area contributed by atoms with Crippen LogP contribution >= 0.6 is 0 Å². The highest BCUT2D eigenvalue weighted by molar-refractivity contribution is 5.92. The van der Waals surface area contributed by atoms with Crippen LogP contribution in [0.4, 0.5) is 10.5 Å². The Hall–Kier alpha value is -2.80. The van der Waals surface area contributed by atoms with Crippen molar-refractivity contribution in [2.24, 2.45) is 13.0 Å². The summed E-state index contributed by atoms with van der Waals surface area (Å²) in [6.45, 7) is 3.81. The number of nitrogens with zero attached hydrogens (tertiary/aromatic N) is 4. The molecule has 1 aromatic carbocycles. The van der Waals surface area contributed by atoms with E-state index in [2.05, 4.69) is 39.6 Å². The van der Waals surface area contributed by atoms with Gasteiger partial charge in [0.15, 0.2) is 0 Å². The molecule has 3 heterocycles. The summed E-state index contributed by atoms with van der Waals surface area (Å²) in [6.07, 6.45) is 6.30. The molecule has 4 rings (SSSR count). The van der Waals surface area contributed by atoms with Crippen molar-refractivity contribution in [3.8, 4) is 0 Å². The Labute approximate surface area is 171 Å². The second-order valence-electron chi connectivity index (χ2n) is 8.34. The minimum absolute atomic E-state index is 0.0743. The quantitative estimate of drug-likeness (QED) is 0.708. The molecule has 7 heteroatoms. The molecule has 1 aliphatic rings. The first-order valence-electron chi connectivity index (χ1n) is 10.2. The first-order valence-corrected chi connectivity index (χ1v) is 10.2. The molecule has 0 unspecified atom stereocenters. The minimum atomic E-state index is -0.0743. The van der Waals surface area contributed by atoms with Crippen molar-refractivity contribution in [3.63, 3.8) is 0 Å². The Morgan fingerprint density at radius 2 is 2.17 bits per heavy atom. The lowest BCUT2D eigenvalue weighted by molar-refractivity contribution is 0.101. The number of hydrogen-bond acceptors (Lipinski definition) is 3. The number of piperidine rings is 1. The van der Waals surface area contributed by atoms with Gasteiger partial charge in [-0.3, -0.25) is 9.58 Å². The summed E-state index contributed by atoms with van der Waals surface area (Å²) < 4.78 is 1.85. The fraction of sp³-hybridized carbons (Fsp3) is 0.455. The molecule has 154 valence electrons. The third kappa shape index (κ3) is 4.15. The van der Waals surface area contributed by atoms with E-state index in [0.717, 1.165) is 41.7 Å². The molecule has 3 aromatic rings. The van der Waals surface area contributed by atoms with Gasteiger partial charge in [0.05, 0.1) is 6.20 Å². The Balaban J connectivity index is 1.44. The lowest BCUT2D eigenvalue weighted by Crippen LogP contribution is -2.43. The summed E-state index contributed by atoms with van der Waals surface area (Å²) in [7, 11) is 5.99. The molecular weight excluding hydrogens is 364 g/mol. The van der Waals surface area contributed by atoms with Crippen molar-refractivity contribution >= 4 is 22.6 Å². The highest BCUT2D eigenvalue weighted by atomic mass is 16.2. The number of likely N-dealkylation sites (tertiary alicyclic amines) is 1. The second kappa shape index (κ2) is 7.91. The number of fused-ring (bicyclic) bond motifs is 1. The lowest BCUT2D eigenvalue weighted by Gasteiger charge is -2.40. The molecule has 0 aliphatic carbocycles. The number of rotatable bonds is 4. The molecule has 2 amide bonds. The van der Waals surface area contributed by atoms with Gasteiger partial charge >= 0.3 is 6.03 Å². The monoisotopic (exact) mass is 394 g/mol. The largest absolute Gasteiger partial charge is 0.359 e. The Kier molecular flexibility index (Phi) is 5.32. The van der Waals surface area contributed by atoms with Crippen LogP contribution < -0.4 is 5.32 Å². The Morgan fingerprint density at radius 1 is 1.34 bits per heavy atom. The number of H-pyrrole nitrogens is 1. The third-order valence-corrected chi connectivity index (χ3v) is 5.94. The number of nitrogens with one attached hydrogen (secondary N) is 2. The van der Waals surface area contributed by atoms with Gasteiger partial charge in [0.25, 0.3) is 0 Å². The zero-order valence-electron chi connectivity index (χ0n) is 17.6. The van der Waals surface area contributed by atoms with Gasteiger partial charge in [-0.05, 0) is 63.5 Å². The number of aromatic nitrogens is 3. The minimum Gasteiger partial charge on any atom is -0.359 e. The number of urea groups is 1. The second-order valence-corrected chi connectivity index (χ2v) is 8.34. The first-order chi connectivity index (χ1) is 13.9. The lowest BCUT2D eigenvalue weighted by atomic mass is 9.86. The smallest absolute Gasteiger partial charge is 0.321 e. The molecule has 1 aliphatic heterocycles. The molecule has 1 saturated heterocycles. The van der Waals surface area contributed by atoms with E-state index in [1.165, 1.54) is 5.56 Å².